The fourth-order valence-corrected chi connectivity index (χ4v) is 6.02. The Morgan fingerprint density at radius 2 is 1.48 bits per heavy atom. The smallest absolute Gasteiger partial charge is 0.328 e. The third-order valence-electron chi connectivity index (χ3n) is 4.55. The largest absolute Gasteiger partial charge is 0.476 e. The van der Waals surface area contributed by atoms with Crippen LogP contribution in [0.3, 0.4) is 0 Å². The lowest BCUT2D eigenvalue weighted by atomic mass is 9.94. The Bertz CT molecular complexity index is 1330. The van der Waals surface area contributed by atoms with E-state index in [1.54, 1.807) is 12.1 Å². The van der Waals surface area contributed by atoms with Crippen molar-refractivity contribution in [2.24, 2.45) is 0 Å². The van der Waals surface area contributed by atoms with Gasteiger partial charge in [0.05, 0.1) is 17.3 Å². The van der Waals surface area contributed by atoms with Crippen molar-refractivity contribution in [3.05, 3.63) is 54.6 Å². The van der Waals surface area contributed by atoms with E-state index in [0.717, 1.165) is 26.9 Å². The summed E-state index contributed by atoms with van der Waals surface area (Å²) >= 11 is 0. The first-order valence-corrected chi connectivity index (χ1v) is 12.7. The molecule has 0 radical (unpaired) electrons. The van der Waals surface area contributed by atoms with E-state index in [1.165, 1.54) is 6.07 Å². The third-order valence-corrected chi connectivity index (χ3v) is 8.10. The lowest BCUT2D eigenvalue weighted by Crippen LogP contribution is -2.12. The van der Waals surface area contributed by atoms with Crippen LogP contribution in [0.25, 0.3) is 32.3 Å². The summed E-state index contributed by atoms with van der Waals surface area (Å²) in [6.45, 7) is -0.480. The highest BCUT2D eigenvalue weighted by Crippen LogP contribution is 2.51. The van der Waals surface area contributed by atoms with Crippen molar-refractivity contribution in [1.82, 2.24) is 0 Å². The highest BCUT2D eigenvalue weighted by molar-refractivity contribution is 7.91. The molecule has 4 aromatic rings. The van der Waals surface area contributed by atoms with Gasteiger partial charge in [-0.3, -0.25) is 0 Å². The average molecular weight is 454 g/mol. The van der Waals surface area contributed by atoms with Gasteiger partial charge in [-0.15, -0.1) is 0 Å². The number of hydrogen-bond acceptors (Lipinski definition) is 6. The molecular formula is C18H16O8P2S. The van der Waals surface area contributed by atoms with E-state index in [9.17, 15) is 17.9 Å². The molecule has 8 nitrogen and oxygen atoms in total. The molecule has 0 aliphatic rings. The maximum Gasteiger partial charge on any atom is 0.476 e. The Balaban J connectivity index is 1.69. The predicted octanol–water partition coefficient (Wildman–Crippen LogP) is 3.70. The number of benzene rings is 4. The summed E-state index contributed by atoms with van der Waals surface area (Å²) in [7, 11) is -11.6. The molecule has 0 fully saturated rings. The second-order valence-electron chi connectivity index (χ2n) is 6.38. The van der Waals surface area contributed by atoms with Gasteiger partial charge in [-0.1, -0.05) is 48.5 Å². The first-order chi connectivity index (χ1) is 13.7. The summed E-state index contributed by atoms with van der Waals surface area (Å²) in [5, 5.41) is 5.39. The van der Waals surface area contributed by atoms with E-state index in [1.807, 2.05) is 36.4 Å². The number of sulfone groups is 1. The molecule has 0 amide bonds. The summed E-state index contributed by atoms with van der Waals surface area (Å²) in [4.78, 5) is 26.7. The average Bonchev–Trinajstić information content (AvgIpc) is 2.64. The fourth-order valence-electron chi connectivity index (χ4n) is 3.43. The van der Waals surface area contributed by atoms with Crippen LogP contribution in [-0.4, -0.2) is 35.5 Å². The van der Waals surface area contributed by atoms with Crippen molar-refractivity contribution in [2.45, 2.75) is 4.90 Å². The Kier molecular flexibility index (Phi) is 5.36. The van der Waals surface area contributed by atoms with Gasteiger partial charge in [0.2, 0.25) is 0 Å². The standard InChI is InChI=1S/C18H16O8P2S/c19-27(26-28(20,21)22)25-10-11-29(23,24)16-9-7-14-5-4-12-2-1-3-13-6-8-15(16)18(14)17(12)13/h1-9,19H,10-11H2,(H2,20,21,22). The Morgan fingerprint density at radius 3 is 2.14 bits per heavy atom. The Morgan fingerprint density at radius 1 is 0.897 bits per heavy atom. The molecule has 0 bridgehead atoms. The van der Waals surface area contributed by atoms with Gasteiger partial charge in [0.1, 0.15) is 0 Å². The van der Waals surface area contributed by atoms with Gasteiger partial charge in [-0.05, 0) is 33.0 Å². The normalized spacial score (nSPS) is 14.2. The zero-order chi connectivity index (χ0) is 20.8. The van der Waals surface area contributed by atoms with E-state index in [-0.39, 0.29) is 4.90 Å². The summed E-state index contributed by atoms with van der Waals surface area (Å²) in [5.74, 6) is -0.485. The maximum atomic E-state index is 12.9. The summed E-state index contributed by atoms with van der Waals surface area (Å²) in [6.07, 6.45) is 0. The minimum Gasteiger partial charge on any atom is -0.328 e. The minimum atomic E-state index is -4.92. The Hall–Kier alpha value is -1.67. The molecule has 4 aromatic carbocycles. The number of hydrogen-bond donors (Lipinski definition) is 3. The molecule has 0 heterocycles. The zero-order valence-electron chi connectivity index (χ0n) is 14.8. The van der Waals surface area contributed by atoms with Crippen LogP contribution in [0.15, 0.2) is 59.5 Å². The molecule has 1 atom stereocenters. The van der Waals surface area contributed by atoms with E-state index < -0.39 is 38.6 Å². The SMILES string of the molecule is O=P(O)(O)OP(O)OCCS(=O)(=O)c1ccc2ccc3cccc4ccc1c2c34. The van der Waals surface area contributed by atoms with Crippen LogP contribution in [0.4, 0.5) is 0 Å². The monoisotopic (exact) mass is 454 g/mol. The first-order valence-electron chi connectivity index (χ1n) is 8.42. The van der Waals surface area contributed by atoms with E-state index >= 15 is 0 Å². The number of rotatable bonds is 7. The molecular weight excluding hydrogens is 438 g/mol. The van der Waals surface area contributed by atoms with Gasteiger partial charge in [-0.25, -0.2) is 17.3 Å². The van der Waals surface area contributed by atoms with E-state index in [4.69, 9.17) is 14.3 Å². The van der Waals surface area contributed by atoms with E-state index in [0.29, 0.717) is 5.39 Å². The Labute approximate surface area is 167 Å². The molecule has 4 rings (SSSR count). The van der Waals surface area contributed by atoms with Crippen LogP contribution in [-0.2, 0) is 23.2 Å². The number of phosphoric acid groups is 1. The van der Waals surface area contributed by atoms with Gasteiger partial charge >= 0.3 is 16.4 Å². The molecule has 11 heteroatoms. The van der Waals surface area contributed by atoms with Crippen molar-refractivity contribution < 1.29 is 36.5 Å². The molecule has 3 N–H and O–H groups in total. The summed E-state index contributed by atoms with van der Waals surface area (Å²) in [5.41, 5.74) is 0. The van der Waals surface area contributed by atoms with Gasteiger partial charge in [0.15, 0.2) is 9.84 Å². The maximum absolute atomic E-state index is 12.9. The van der Waals surface area contributed by atoms with Crippen molar-refractivity contribution in [3.8, 4) is 0 Å². The molecule has 152 valence electrons. The second-order valence-corrected chi connectivity index (χ2v) is 10.8. The van der Waals surface area contributed by atoms with Crippen LogP contribution in [0.5, 0.6) is 0 Å². The van der Waals surface area contributed by atoms with Crippen LogP contribution in [0, 0.1) is 0 Å². The van der Waals surface area contributed by atoms with Gasteiger partial charge < -0.3 is 19.2 Å². The lowest BCUT2D eigenvalue weighted by molar-refractivity contribution is 0.230. The quantitative estimate of drug-likeness (QED) is 0.285. The van der Waals surface area contributed by atoms with Crippen molar-refractivity contribution >= 4 is 58.6 Å². The molecule has 0 aliphatic carbocycles. The van der Waals surface area contributed by atoms with Crippen LogP contribution < -0.4 is 0 Å². The van der Waals surface area contributed by atoms with Gasteiger partial charge in [0.25, 0.3) is 0 Å². The summed E-state index contributed by atoms with van der Waals surface area (Å²) < 4.78 is 45.2. The predicted molar refractivity (Wildman–Crippen MR) is 110 cm³/mol. The first kappa shape index (κ1) is 20.6. The summed E-state index contributed by atoms with van der Waals surface area (Å²) in [6, 6.07) is 16.8. The van der Waals surface area contributed by atoms with Gasteiger partial charge in [0, 0.05) is 5.39 Å². The van der Waals surface area contributed by atoms with Crippen molar-refractivity contribution in [3.63, 3.8) is 0 Å². The topological polar surface area (TPSA) is 130 Å². The molecule has 0 saturated carbocycles. The highest BCUT2D eigenvalue weighted by atomic mass is 32.2. The third kappa shape index (κ3) is 4.14. The second kappa shape index (κ2) is 7.54. The van der Waals surface area contributed by atoms with Crippen LogP contribution in [0.1, 0.15) is 0 Å². The minimum absolute atomic E-state index is 0.130. The van der Waals surface area contributed by atoms with Crippen LogP contribution >= 0.6 is 16.4 Å². The van der Waals surface area contributed by atoms with Gasteiger partial charge in [-0.2, -0.15) is 0 Å². The zero-order valence-corrected chi connectivity index (χ0v) is 17.4. The van der Waals surface area contributed by atoms with E-state index in [2.05, 4.69) is 4.31 Å². The molecule has 29 heavy (non-hydrogen) atoms. The fraction of sp³-hybridized carbons (Fsp3) is 0.111. The van der Waals surface area contributed by atoms with Crippen LogP contribution in [0.2, 0.25) is 0 Å². The lowest BCUT2D eigenvalue weighted by Gasteiger charge is -2.15. The van der Waals surface area contributed by atoms with Crippen molar-refractivity contribution in [1.29, 1.82) is 0 Å². The molecule has 0 saturated heterocycles. The molecule has 0 aliphatic heterocycles. The molecule has 1 unspecified atom stereocenters. The highest BCUT2D eigenvalue weighted by Gasteiger charge is 2.24. The van der Waals surface area contributed by atoms with Crippen molar-refractivity contribution in [2.75, 3.05) is 12.4 Å². The molecule has 0 spiro atoms. The molecule has 0 aromatic heterocycles.